The number of benzene rings is 2. The summed E-state index contributed by atoms with van der Waals surface area (Å²) in [4.78, 5) is 16.2. The summed E-state index contributed by atoms with van der Waals surface area (Å²) in [5, 5.41) is 6.84. The SMILES string of the molecule is CN=C(NCc1ccc(Cn2ccccc2=O)cc1)NC(C)CCc1ccccc1. The summed E-state index contributed by atoms with van der Waals surface area (Å²) < 4.78 is 1.70. The van der Waals surface area contributed by atoms with E-state index in [1.165, 1.54) is 11.1 Å². The van der Waals surface area contributed by atoms with E-state index in [2.05, 4.69) is 71.1 Å². The lowest BCUT2D eigenvalue weighted by Gasteiger charge is -2.18. The van der Waals surface area contributed by atoms with E-state index in [1.54, 1.807) is 23.7 Å². The minimum absolute atomic E-state index is 0.0134. The lowest BCUT2D eigenvalue weighted by molar-refractivity contribution is 0.593. The molecule has 1 aromatic heterocycles. The molecule has 2 aromatic carbocycles. The van der Waals surface area contributed by atoms with E-state index in [9.17, 15) is 4.79 Å². The molecule has 0 radical (unpaired) electrons. The number of aryl methyl sites for hydroxylation is 1. The van der Waals surface area contributed by atoms with Gasteiger partial charge in [0.15, 0.2) is 5.96 Å². The van der Waals surface area contributed by atoms with E-state index in [1.807, 2.05) is 18.3 Å². The molecule has 5 heteroatoms. The Morgan fingerprint density at radius 3 is 2.33 bits per heavy atom. The molecule has 0 aliphatic heterocycles. The third-order valence-corrected chi connectivity index (χ3v) is 5.05. The fourth-order valence-corrected chi connectivity index (χ4v) is 3.26. The molecule has 3 aromatic rings. The number of hydrogen-bond acceptors (Lipinski definition) is 2. The first kappa shape index (κ1) is 21.4. The first-order valence-electron chi connectivity index (χ1n) is 10.4. The Morgan fingerprint density at radius 1 is 0.933 bits per heavy atom. The number of rotatable bonds is 8. The van der Waals surface area contributed by atoms with Gasteiger partial charge in [-0.2, -0.15) is 0 Å². The van der Waals surface area contributed by atoms with E-state index in [0.29, 0.717) is 19.1 Å². The van der Waals surface area contributed by atoms with Gasteiger partial charge in [-0.3, -0.25) is 9.79 Å². The van der Waals surface area contributed by atoms with Gasteiger partial charge < -0.3 is 15.2 Å². The van der Waals surface area contributed by atoms with Crippen LogP contribution in [0.3, 0.4) is 0 Å². The number of nitrogens with zero attached hydrogens (tertiary/aromatic N) is 2. The summed E-state index contributed by atoms with van der Waals surface area (Å²) in [6, 6.07) is 24.4. The summed E-state index contributed by atoms with van der Waals surface area (Å²) in [6.45, 7) is 3.45. The van der Waals surface area contributed by atoms with Crippen LogP contribution < -0.4 is 16.2 Å². The van der Waals surface area contributed by atoms with Crippen molar-refractivity contribution in [3.63, 3.8) is 0 Å². The lowest BCUT2D eigenvalue weighted by atomic mass is 10.1. The van der Waals surface area contributed by atoms with Gasteiger partial charge in [-0.15, -0.1) is 0 Å². The van der Waals surface area contributed by atoms with Gasteiger partial charge in [0.2, 0.25) is 0 Å². The normalized spacial score (nSPS) is 12.4. The highest BCUT2D eigenvalue weighted by Gasteiger charge is 2.06. The molecule has 0 bridgehead atoms. The second-order valence-electron chi connectivity index (χ2n) is 7.48. The third-order valence-electron chi connectivity index (χ3n) is 5.05. The van der Waals surface area contributed by atoms with Crippen LogP contribution in [0.2, 0.25) is 0 Å². The van der Waals surface area contributed by atoms with Crippen molar-refractivity contribution in [3.8, 4) is 0 Å². The molecular formula is C25H30N4O. The predicted octanol–water partition coefficient (Wildman–Crippen LogP) is 3.58. The van der Waals surface area contributed by atoms with Crippen LogP contribution in [-0.4, -0.2) is 23.6 Å². The van der Waals surface area contributed by atoms with Crippen molar-refractivity contribution < 1.29 is 0 Å². The maximum atomic E-state index is 11.8. The highest BCUT2D eigenvalue weighted by Crippen LogP contribution is 2.07. The van der Waals surface area contributed by atoms with Crippen molar-refractivity contribution >= 4 is 5.96 Å². The van der Waals surface area contributed by atoms with Gasteiger partial charge >= 0.3 is 0 Å². The van der Waals surface area contributed by atoms with Gasteiger partial charge in [0, 0.05) is 31.9 Å². The van der Waals surface area contributed by atoms with Crippen LogP contribution >= 0.6 is 0 Å². The maximum absolute atomic E-state index is 11.8. The molecule has 1 unspecified atom stereocenters. The van der Waals surface area contributed by atoms with E-state index < -0.39 is 0 Å². The Labute approximate surface area is 178 Å². The Morgan fingerprint density at radius 2 is 1.63 bits per heavy atom. The Kier molecular flexibility index (Phi) is 7.84. The molecule has 1 heterocycles. The molecule has 1 atom stereocenters. The summed E-state index contributed by atoms with van der Waals surface area (Å²) >= 11 is 0. The van der Waals surface area contributed by atoms with E-state index in [-0.39, 0.29) is 5.56 Å². The molecule has 3 rings (SSSR count). The van der Waals surface area contributed by atoms with Crippen molar-refractivity contribution in [2.45, 2.75) is 38.9 Å². The zero-order valence-electron chi connectivity index (χ0n) is 17.7. The molecule has 0 aliphatic carbocycles. The van der Waals surface area contributed by atoms with Gasteiger partial charge in [0.1, 0.15) is 0 Å². The Hall–Kier alpha value is -3.34. The van der Waals surface area contributed by atoms with Crippen LogP contribution in [0.15, 0.2) is 88.8 Å². The van der Waals surface area contributed by atoms with Crippen molar-refractivity contribution in [2.24, 2.45) is 4.99 Å². The molecule has 0 aliphatic rings. The number of aromatic nitrogens is 1. The van der Waals surface area contributed by atoms with Gasteiger partial charge in [0.05, 0.1) is 6.54 Å². The monoisotopic (exact) mass is 402 g/mol. The summed E-state index contributed by atoms with van der Waals surface area (Å²) in [5.41, 5.74) is 3.63. The van der Waals surface area contributed by atoms with E-state index >= 15 is 0 Å². The molecule has 0 fully saturated rings. The number of hydrogen-bond donors (Lipinski definition) is 2. The molecule has 30 heavy (non-hydrogen) atoms. The zero-order chi connectivity index (χ0) is 21.2. The maximum Gasteiger partial charge on any atom is 0.250 e. The van der Waals surface area contributed by atoms with Crippen molar-refractivity contribution in [2.75, 3.05) is 7.05 Å². The molecular weight excluding hydrogens is 372 g/mol. The summed E-state index contributed by atoms with van der Waals surface area (Å²) in [7, 11) is 1.79. The minimum Gasteiger partial charge on any atom is -0.354 e. The molecule has 156 valence electrons. The number of guanidine groups is 1. The minimum atomic E-state index is 0.0134. The van der Waals surface area contributed by atoms with Crippen LogP contribution in [-0.2, 0) is 19.5 Å². The number of aliphatic imine (C=N–C) groups is 1. The van der Waals surface area contributed by atoms with Crippen LogP contribution in [0.5, 0.6) is 0 Å². The smallest absolute Gasteiger partial charge is 0.250 e. The average Bonchev–Trinajstić information content (AvgIpc) is 2.78. The van der Waals surface area contributed by atoms with Crippen LogP contribution in [0, 0.1) is 0 Å². The molecule has 2 N–H and O–H groups in total. The van der Waals surface area contributed by atoms with Crippen molar-refractivity contribution in [3.05, 3.63) is 106 Å². The standard InChI is InChI=1S/C25H30N4O/c1-20(11-12-21-8-4-3-5-9-21)28-25(26-2)27-18-22-13-15-23(16-14-22)19-29-17-7-6-10-24(29)30/h3-10,13-17,20H,11-12,18-19H2,1-2H3,(H2,26,27,28). The third kappa shape index (κ3) is 6.62. The van der Waals surface area contributed by atoms with Crippen molar-refractivity contribution in [1.82, 2.24) is 15.2 Å². The van der Waals surface area contributed by atoms with Crippen LogP contribution in [0.4, 0.5) is 0 Å². The van der Waals surface area contributed by atoms with E-state index in [0.717, 1.165) is 24.4 Å². The molecule has 0 saturated heterocycles. The van der Waals surface area contributed by atoms with Gasteiger partial charge in [-0.05, 0) is 42.5 Å². The quantitative estimate of drug-likeness (QED) is 0.447. The second-order valence-corrected chi connectivity index (χ2v) is 7.48. The number of nitrogens with one attached hydrogen (secondary N) is 2. The second kappa shape index (κ2) is 11.0. The number of pyridine rings is 1. The highest BCUT2D eigenvalue weighted by atomic mass is 16.1. The van der Waals surface area contributed by atoms with Gasteiger partial charge in [0.25, 0.3) is 5.56 Å². The summed E-state index contributed by atoms with van der Waals surface area (Å²) in [6.07, 6.45) is 3.89. The van der Waals surface area contributed by atoms with E-state index in [4.69, 9.17) is 0 Å². The zero-order valence-corrected chi connectivity index (χ0v) is 17.7. The highest BCUT2D eigenvalue weighted by molar-refractivity contribution is 5.79. The van der Waals surface area contributed by atoms with Gasteiger partial charge in [-0.25, -0.2) is 0 Å². The van der Waals surface area contributed by atoms with Crippen LogP contribution in [0.1, 0.15) is 30.0 Å². The molecule has 5 nitrogen and oxygen atoms in total. The average molecular weight is 403 g/mol. The fourth-order valence-electron chi connectivity index (χ4n) is 3.26. The largest absolute Gasteiger partial charge is 0.354 e. The lowest BCUT2D eigenvalue weighted by Crippen LogP contribution is -2.42. The van der Waals surface area contributed by atoms with Crippen molar-refractivity contribution in [1.29, 1.82) is 0 Å². The topological polar surface area (TPSA) is 58.4 Å². The Bertz CT molecular complexity index is 993. The first-order chi connectivity index (χ1) is 14.6. The Balaban J connectivity index is 1.46. The van der Waals surface area contributed by atoms with Crippen LogP contribution in [0.25, 0.3) is 0 Å². The fraction of sp³-hybridized carbons (Fsp3) is 0.280. The first-order valence-corrected chi connectivity index (χ1v) is 10.4. The van der Waals surface area contributed by atoms with Gasteiger partial charge in [-0.1, -0.05) is 60.7 Å². The molecule has 0 amide bonds. The summed E-state index contributed by atoms with van der Waals surface area (Å²) in [5.74, 6) is 0.801. The molecule has 0 saturated carbocycles. The predicted molar refractivity (Wildman–Crippen MR) is 124 cm³/mol. The molecule has 0 spiro atoms.